The van der Waals surface area contributed by atoms with Crippen LogP contribution in [0, 0.1) is 0 Å². The number of aromatic amines is 1. The molecule has 23 heavy (non-hydrogen) atoms. The van der Waals surface area contributed by atoms with Crippen molar-refractivity contribution in [1.29, 1.82) is 0 Å². The lowest BCUT2D eigenvalue weighted by Crippen LogP contribution is -2.13. The van der Waals surface area contributed by atoms with E-state index in [-0.39, 0.29) is 17.5 Å². The van der Waals surface area contributed by atoms with E-state index < -0.39 is 10.0 Å². The maximum absolute atomic E-state index is 12.2. The smallest absolute Gasteiger partial charge is 0.277 e. The molecule has 0 bridgehead atoms. The Labute approximate surface area is 143 Å². The number of rotatable bonds is 5. The summed E-state index contributed by atoms with van der Waals surface area (Å²) in [5, 5.41) is 9.58. The first-order valence-corrected chi connectivity index (χ1v) is 9.49. The minimum atomic E-state index is -3.32. The van der Waals surface area contributed by atoms with Gasteiger partial charge in [0.05, 0.1) is 16.4 Å². The van der Waals surface area contributed by atoms with Gasteiger partial charge in [-0.2, -0.15) is 5.10 Å². The minimum Gasteiger partial charge on any atom is -0.321 e. The molecule has 0 aliphatic carbocycles. The first-order valence-electron chi connectivity index (χ1n) is 6.80. The Morgan fingerprint density at radius 3 is 2.26 bits per heavy atom. The average Bonchev–Trinajstić information content (AvgIpc) is 2.81. The summed E-state index contributed by atoms with van der Waals surface area (Å²) in [4.78, 5) is 12.2. The van der Waals surface area contributed by atoms with Crippen LogP contribution in [0.3, 0.4) is 0 Å². The molecule has 0 aliphatic heterocycles. The van der Waals surface area contributed by atoms with Crippen molar-refractivity contribution in [2.24, 2.45) is 0 Å². The van der Waals surface area contributed by atoms with Crippen LogP contribution in [0.5, 0.6) is 0 Å². The highest BCUT2D eigenvalue weighted by Gasteiger charge is 2.19. The number of anilines is 2. The molecule has 2 rings (SSSR count). The zero-order chi connectivity index (χ0) is 17.2. The van der Waals surface area contributed by atoms with Crippen LogP contribution < -0.4 is 10.0 Å². The summed E-state index contributed by atoms with van der Waals surface area (Å²) < 4.78 is 25.3. The van der Waals surface area contributed by atoms with E-state index >= 15 is 0 Å². The van der Waals surface area contributed by atoms with E-state index in [1.165, 1.54) is 0 Å². The number of amides is 1. The monoisotopic (exact) mass is 400 g/mol. The zero-order valence-corrected chi connectivity index (χ0v) is 15.2. The number of hydrogen-bond acceptors (Lipinski definition) is 4. The van der Waals surface area contributed by atoms with E-state index in [1.54, 1.807) is 24.3 Å². The SMILES string of the molecule is CC(C)c1[nH]nc(C(=O)Nc2ccc(NS(C)(=O)=O)cc2)c1Br. The highest BCUT2D eigenvalue weighted by molar-refractivity contribution is 9.10. The maximum Gasteiger partial charge on any atom is 0.277 e. The van der Waals surface area contributed by atoms with Crippen molar-refractivity contribution in [1.82, 2.24) is 10.2 Å². The molecule has 2 aromatic rings. The lowest BCUT2D eigenvalue weighted by atomic mass is 10.1. The van der Waals surface area contributed by atoms with E-state index in [1.807, 2.05) is 13.8 Å². The molecule has 0 aliphatic rings. The first kappa shape index (κ1) is 17.5. The molecule has 1 aromatic heterocycles. The Hall–Kier alpha value is -1.87. The van der Waals surface area contributed by atoms with Crippen molar-refractivity contribution < 1.29 is 13.2 Å². The second-order valence-electron chi connectivity index (χ2n) is 5.36. The molecule has 0 unspecified atom stereocenters. The van der Waals surface area contributed by atoms with E-state index in [0.717, 1.165) is 11.9 Å². The van der Waals surface area contributed by atoms with Gasteiger partial charge >= 0.3 is 0 Å². The molecule has 0 saturated carbocycles. The van der Waals surface area contributed by atoms with Crippen molar-refractivity contribution in [2.45, 2.75) is 19.8 Å². The van der Waals surface area contributed by atoms with E-state index in [9.17, 15) is 13.2 Å². The predicted molar refractivity (Wildman–Crippen MR) is 93.2 cm³/mol. The third kappa shape index (κ3) is 4.55. The quantitative estimate of drug-likeness (QED) is 0.717. The van der Waals surface area contributed by atoms with Crippen LogP contribution in [0.15, 0.2) is 28.7 Å². The van der Waals surface area contributed by atoms with Gasteiger partial charge < -0.3 is 5.32 Å². The van der Waals surface area contributed by atoms with Gasteiger partial charge in [0.2, 0.25) is 10.0 Å². The normalized spacial score (nSPS) is 11.5. The largest absolute Gasteiger partial charge is 0.321 e. The average molecular weight is 401 g/mol. The van der Waals surface area contributed by atoms with Crippen LogP contribution in [0.2, 0.25) is 0 Å². The lowest BCUT2D eigenvalue weighted by Gasteiger charge is -2.07. The summed E-state index contributed by atoms with van der Waals surface area (Å²) in [5.41, 5.74) is 2.08. The second-order valence-corrected chi connectivity index (χ2v) is 7.90. The molecule has 9 heteroatoms. The minimum absolute atomic E-state index is 0.208. The van der Waals surface area contributed by atoms with Gasteiger partial charge in [0.1, 0.15) is 0 Å². The maximum atomic E-state index is 12.2. The zero-order valence-electron chi connectivity index (χ0n) is 12.8. The van der Waals surface area contributed by atoms with Gasteiger partial charge in [-0.15, -0.1) is 0 Å². The Bertz CT molecular complexity index is 813. The lowest BCUT2D eigenvalue weighted by molar-refractivity contribution is 0.102. The van der Waals surface area contributed by atoms with Gasteiger partial charge in [-0.25, -0.2) is 8.42 Å². The Kier molecular flexibility index (Phi) is 5.10. The molecule has 7 nitrogen and oxygen atoms in total. The highest BCUT2D eigenvalue weighted by atomic mass is 79.9. The van der Waals surface area contributed by atoms with Crippen LogP contribution in [-0.2, 0) is 10.0 Å². The summed E-state index contributed by atoms with van der Waals surface area (Å²) in [6, 6.07) is 6.34. The molecule has 0 atom stereocenters. The predicted octanol–water partition coefficient (Wildman–Crippen LogP) is 2.92. The number of nitrogens with zero attached hydrogens (tertiary/aromatic N) is 1. The number of carbonyl (C=O) groups excluding carboxylic acids is 1. The number of H-pyrrole nitrogens is 1. The molecule has 1 amide bonds. The Morgan fingerprint density at radius 2 is 1.78 bits per heavy atom. The number of hydrogen-bond donors (Lipinski definition) is 3. The van der Waals surface area contributed by atoms with Gasteiger partial charge in [0.25, 0.3) is 5.91 Å². The van der Waals surface area contributed by atoms with E-state index in [4.69, 9.17) is 0 Å². The number of benzene rings is 1. The van der Waals surface area contributed by atoms with Gasteiger partial charge in [0.15, 0.2) is 5.69 Å². The topological polar surface area (TPSA) is 104 Å². The number of carbonyl (C=O) groups is 1. The molecule has 0 spiro atoms. The summed E-state index contributed by atoms with van der Waals surface area (Å²) in [5.74, 6) is -0.149. The molecular formula is C14H17BrN4O3S. The van der Waals surface area contributed by atoms with Gasteiger partial charge in [-0.3, -0.25) is 14.6 Å². The molecule has 0 saturated heterocycles. The van der Waals surface area contributed by atoms with Gasteiger partial charge in [0, 0.05) is 11.4 Å². The summed E-state index contributed by atoms with van der Waals surface area (Å²) >= 11 is 3.38. The number of halogens is 1. The van der Waals surface area contributed by atoms with Crippen molar-refractivity contribution >= 4 is 43.2 Å². The molecule has 1 heterocycles. The molecule has 1 aromatic carbocycles. The van der Waals surface area contributed by atoms with Crippen molar-refractivity contribution in [3.63, 3.8) is 0 Å². The summed E-state index contributed by atoms with van der Waals surface area (Å²) in [6.07, 6.45) is 1.07. The summed E-state index contributed by atoms with van der Waals surface area (Å²) in [7, 11) is -3.32. The molecular weight excluding hydrogens is 384 g/mol. The van der Waals surface area contributed by atoms with Gasteiger partial charge in [-0.1, -0.05) is 13.8 Å². The Morgan fingerprint density at radius 1 is 1.22 bits per heavy atom. The Balaban J connectivity index is 2.12. The fraction of sp³-hybridized carbons (Fsp3) is 0.286. The number of nitrogens with one attached hydrogen (secondary N) is 3. The number of sulfonamides is 1. The first-order chi connectivity index (χ1) is 10.7. The van der Waals surface area contributed by atoms with Crippen LogP contribution in [0.4, 0.5) is 11.4 Å². The van der Waals surface area contributed by atoms with Crippen LogP contribution in [0.1, 0.15) is 35.9 Å². The van der Waals surface area contributed by atoms with Crippen LogP contribution >= 0.6 is 15.9 Å². The van der Waals surface area contributed by atoms with Gasteiger partial charge in [-0.05, 0) is 46.1 Å². The van der Waals surface area contributed by atoms with E-state index in [0.29, 0.717) is 15.8 Å². The third-order valence-corrected chi connectivity index (χ3v) is 4.38. The third-order valence-electron chi connectivity index (χ3n) is 2.97. The van der Waals surface area contributed by atoms with Crippen LogP contribution in [0.25, 0.3) is 0 Å². The second kappa shape index (κ2) is 6.71. The summed E-state index contributed by atoms with van der Waals surface area (Å²) in [6.45, 7) is 3.99. The number of aromatic nitrogens is 2. The van der Waals surface area contributed by atoms with Crippen molar-refractivity contribution in [2.75, 3.05) is 16.3 Å². The molecule has 3 N–H and O–H groups in total. The molecule has 124 valence electrons. The van der Waals surface area contributed by atoms with Crippen molar-refractivity contribution in [3.05, 3.63) is 40.1 Å². The highest BCUT2D eigenvalue weighted by Crippen LogP contribution is 2.26. The molecule has 0 fully saturated rings. The van der Waals surface area contributed by atoms with Crippen molar-refractivity contribution in [3.8, 4) is 0 Å². The molecule has 0 radical (unpaired) electrons. The fourth-order valence-electron chi connectivity index (χ4n) is 1.90. The van der Waals surface area contributed by atoms with E-state index in [2.05, 4.69) is 36.2 Å². The standard InChI is InChI=1S/C14H17BrN4O3S/c1-8(2)12-11(15)13(18-17-12)14(20)16-9-4-6-10(7-5-9)19-23(3,21)22/h4-8,19H,1-3H3,(H,16,20)(H,17,18). The fourth-order valence-corrected chi connectivity index (χ4v) is 3.28. The van der Waals surface area contributed by atoms with Crippen LogP contribution in [-0.4, -0.2) is 30.8 Å².